The molecule has 8 heteroatoms. The fourth-order valence-corrected chi connectivity index (χ4v) is 3.26. The van der Waals surface area contributed by atoms with Crippen molar-refractivity contribution >= 4 is 11.9 Å². The van der Waals surface area contributed by atoms with Crippen LogP contribution in [-0.4, -0.2) is 33.2 Å². The number of halogens is 1. The van der Waals surface area contributed by atoms with E-state index in [-0.39, 0.29) is 30.1 Å². The first-order chi connectivity index (χ1) is 12.9. The summed E-state index contributed by atoms with van der Waals surface area (Å²) in [7, 11) is 0. The molecule has 1 aliphatic rings. The molecule has 144 valence electrons. The smallest absolute Gasteiger partial charge is 0.306 e. The van der Waals surface area contributed by atoms with Crippen LogP contribution in [0.2, 0.25) is 0 Å². The summed E-state index contributed by atoms with van der Waals surface area (Å²) in [6, 6.07) is 4.60. The van der Waals surface area contributed by atoms with Crippen LogP contribution in [0, 0.1) is 18.7 Å². The van der Waals surface area contributed by atoms with Gasteiger partial charge in [0.05, 0.1) is 5.92 Å². The van der Waals surface area contributed by atoms with Crippen LogP contribution in [0.5, 0.6) is 0 Å². The van der Waals surface area contributed by atoms with Crippen LogP contribution >= 0.6 is 0 Å². The first-order valence-corrected chi connectivity index (χ1v) is 9.03. The second kappa shape index (κ2) is 8.28. The van der Waals surface area contributed by atoms with E-state index in [2.05, 4.69) is 15.5 Å². The van der Waals surface area contributed by atoms with Crippen LogP contribution in [0.1, 0.15) is 43.6 Å². The molecule has 1 heterocycles. The maximum atomic E-state index is 13.3. The van der Waals surface area contributed by atoms with Gasteiger partial charge in [0.25, 0.3) is 0 Å². The summed E-state index contributed by atoms with van der Waals surface area (Å²) in [6.45, 7) is 1.66. The summed E-state index contributed by atoms with van der Waals surface area (Å²) < 4.78 is 18.5. The largest absolute Gasteiger partial charge is 0.481 e. The summed E-state index contributed by atoms with van der Waals surface area (Å²) >= 11 is 0. The molecule has 0 radical (unpaired) electrons. The van der Waals surface area contributed by atoms with E-state index in [1.165, 1.54) is 6.07 Å². The molecule has 7 nitrogen and oxygen atoms in total. The number of amides is 1. The monoisotopic (exact) mass is 375 g/mol. The average molecular weight is 375 g/mol. The van der Waals surface area contributed by atoms with Gasteiger partial charge in [0.2, 0.25) is 17.6 Å². The Kier molecular flexibility index (Phi) is 5.83. The summed E-state index contributed by atoms with van der Waals surface area (Å²) in [5.41, 5.74) is 1.15. The molecule has 0 spiro atoms. The highest BCUT2D eigenvalue weighted by atomic mass is 19.1. The first kappa shape index (κ1) is 19.0. The summed E-state index contributed by atoms with van der Waals surface area (Å²) in [5.74, 6) is -0.770. The number of nitrogens with one attached hydrogen (secondary N) is 1. The summed E-state index contributed by atoms with van der Waals surface area (Å²) in [5, 5.41) is 15.8. The SMILES string of the molecule is Cc1cc(-c2noc(CCC(=O)NC3CCC(C(=O)O)CC3)n2)ccc1F. The van der Waals surface area contributed by atoms with Gasteiger partial charge in [0.1, 0.15) is 5.82 Å². The van der Waals surface area contributed by atoms with Crippen LogP contribution in [0.4, 0.5) is 4.39 Å². The minimum atomic E-state index is -0.761. The number of aromatic nitrogens is 2. The first-order valence-electron chi connectivity index (χ1n) is 9.03. The minimum absolute atomic E-state index is 0.0218. The lowest BCUT2D eigenvalue weighted by Crippen LogP contribution is -2.38. The second-order valence-corrected chi connectivity index (χ2v) is 6.93. The van der Waals surface area contributed by atoms with Crippen LogP contribution in [0.15, 0.2) is 22.7 Å². The number of carbonyl (C=O) groups excluding carboxylic acids is 1. The van der Waals surface area contributed by atoms with E-state index < -0.39 is 5.97 Å². The number of carboxylic acid groups (broad SMARTS) is 1. The number of hydrogen-bond acceptors (Lipinski definition) is 5. The Labute approximate surface area is 156 Å². The quantitative estimate of drug-likeness (QED) is 0.804. The number of carboxylic acids is 1. The maximum Gasteiger partial charge on any atom is 0.306 e. The van der Waals surface area contributed by atoms with Crippen LogP contribution in [0.3, 0.4) is 0 Å². The van der Waals surface area contributed by atoms with Gasteiger partial charge in [-0.2, -0.15) is 4.98 Å². The van der Waals surface area contributed by atoms with Crippen molar-refractivity contribution < 1.29 is 23.6 Å². The number of hydrogen-bond donors (Lipinski definition) is 2. The number of nitrogens with zero attached hydrogens (tertiary/aromatic N) is 2. The fourth-order valence-electron chi connectivity index (χ4n) is 3.26. The molecule has 2 aromatic rings. The Hall–Kier alpha value is -2.77. The Morgan fingerprint density at radius 2 is 2.04 bits per heavy atom. The average Bonchev–Trinajstić information content (AvgIpc) is 3.12. The lowest BCUT2D eigenvalue weighted by Gasteiger charge is -2.26. The molecule has 0 aliphatic heterocycles. The van der Waals surface area contributed by atoms with Crippen LogP contribution < -0.4 is 5.32 Å². The van der Waals surface area contributed by atoms with Crippen LogP contribution in [0.25, 0.3) is 11.4 Å². The number of aryl methyl sites for hydroxylation is 2. The van der Waals surface area contributed by atoms with E-state index >= 15 is 0 Å². The molecule has 2 N–H and O–H groups in total. The zero-order valence-corrected chi connectivity index (χ0v) is 15.1. The van der Waals surface area contributed by atoms with Crippen molar-refractivity contribution in [3.8, 4) is 11.4 Å². The standard InChI is InChI=1S/C19H22FN3O4/c1-11-10-13(4-7-15(11)20)18-22-17(27-23-18)9-8-16(24)21-14-5-2-12(3-6-14)19(25)26/h4,7,10,12,14H,2-3,5-6,8-9H2,1H3,(H,21,24)(H,25,26). The molecule has 0 bridgehead atoms. The lowest BCUT2D eigenvalue weighted by atomic mass is 9.86. The second-order valence-electron chi connectivity index (χ2n) is 6.93. The molecule has 0 saturated heterocycles. The van der Waals surface area contributed by atoms with E-state index in [9.17, 15) is 14.0 Å². The fraction of sp³-hybridized carbons (Fsp3) is 0.474. The highest BCUT2D eigenvalue weighted by molar-refractivity contribution is 5.76. The molecule has 1 aromatic carbocycles. The molecule has 1 fully saturated rings. The molecule has 1 aromatic heterocycles. The molecular formula is C19H22FN3O4. The van der Waals surface area contributed by atoms with E-state index in [1.807, 2.05) is 0 Å². The molecule has 27 heavy (non-hydrogen) atoms. The zero-order valence-electron chi connectivity index (χ0n) is 15.1. The van der Waals surface area contributed by atoms with Crippen molar-refractivity contribution in [2.45, 2.75) is 51.5 Å². The number of rotatable bonds is 6. The summed E-state index contributed by atoms with van der Waals surface area (Å²) in [6.07, 6.45) is 3.05. The van der Waals surface area contributed by atoms with Gasteiger partial charge >= 0.3 is 5.97 Å². The third kappa shape index (κ3) is 4.90. The highest BCUT2D eigenvalue weighted by Gasteiger charge is 2.26. The van der Waals surface area contributed by atoms with Gasteiger partial charge in [-0.05, 0) is 56.4 Å². The lowest BCUT2D eigenvalue weighted by molar-refractivity contribution is -0.142. The predicted octanol–water partition coefficient (Wildman–Crippen LogP) is 2.88. The molecule has 1 saturated carbocycles. The van der Waals surface area contributed by atoms with Crippen molar-refractivity contribution in [3.63, 3.8) is 0 Å². The molecule has 0 atom stereocenters. The third-order valence-electron chi connectivity index (χ3n) is 4.89. The van der Waals surface area contributed by atoms with Crippen molar-refractivity contribution in [1.29, 1.82) is 0 Å². The number of benzene rings is 1. The number of carbonyl (C=O) groups is 2. The highest BCUT2D eigenvalue weighted by Crippen LogP contribution is 2.24. The van der Waals surface area contributed by atoms with Crippen LogP contribution in [-0.2, 0) is 16.0 Å². The van der Waals surface area contributed by atoms with E-state index in [1.54, 1.807) is 19.1 Å². The Bertz CT molecular complexity index is 828. The molecular weight excluding hydrogens is 353 g/mol. The van der Waals surface area contributed by atoms with E-state index in [0.717, 1.165) is 0 Å². The van der Waals surface area contributed by atoms with Gasteiger partial charge in [0.15, 0.2) is 0 Å². The Morgan fingerprint density at radius 1 is 1.30 bits per heavy atom. The Balaban J connectivity index is 1.48. The normalized spacial score (nSPS) is 19.6. The van der Waals surface area contributed by atoms with Crippen molar-refractivity contribution in [2.75, 3.05) is 0 Å². The molecule has 0 unspecified atom stereocenters. The van der Waals surface area contributed by atoms with Gasteiger partial charge in [-0.3, -0.25) is 9.59 Å². The van der Waals surface area contributed by atoms with Crippen molar-refractivity contribution in [2.24, 2.45) is 5.92 Å². The van der Waals surface area contributed by atoms with Gasteiger partial charge in [-0.15, -0.1) is 0 Å². The predicted molar refractivity (Wildman–Crippen MR) is 94.3 cm³/mol. The van der Waals surface area contributed by atoms with Crippen molar-refractivity contribution in [1.82, 2.24) is 15.5 Å². The van der Waals surface area contributed by atoms with Gasteiger partial charge in [-0.25, -0.2) is 4.39 Å². The van der Waals surface area contributed by atoms with Gasteiger partial charge in [-0.1, -0.05) is 5.16 Å². The van der Waals surface area contributed by atoms with Gasteiger partial charge in [0, 0.05) is 24.4 Å². The topological polar surface area (TPSA) is 105 Å². The summed E-state index contributed by atoms with van der Waals surface area (Å²) in [4.78, 5) is 27.3. The molecule has 3 rings (SSSR count). The Morgan fingerprint density at radius 3 is 2.70 bits per heavy atom. The number of aliphatic carboxylic acids is 1. The molecule has 1 aliphatic carbocycles. The van der Waals surface area contributed by atoms with E-state index in [4.69, 9.17) is 9.63 Å². The van der Waals surface area contributed by atoms with Gasteiger partial charge < -0.3 is 14.9 Å². The minimum Gasteiger partial charge on any atom is -0.481 e. The third-order valence-corrected chi connectivity index (χ3v) is 4.89. The maximum absolute atomic E-state index is 13.3. The van der Waals surface area contributed by atoms with E-state index in [0.29, 0.717) is 54.9 Å². The zero-order chi connectivity index (χ0) is 19.4. The van der Waals surface area contributed by atoms with Crippen molar-refractivity contribution in [3.05, 3.63) is 35.5 Å². The molecule has 1 amide bonds.